The number of benzene rings is 2. The average molecular weight is 323 g/mol. The van der Waals surface area contributed by atoms with Crippen molar-refractivity contribution in [2.45, 2.75) is 44.7 Å². The summed E-state index contributed by atoms with van der Waals surface area (Å²) in [7, 11) is 0. The Bertz CT molecular complexity index is 762. The van der Waals surface area contributed by atoms with Gasteiger partial charge in [0.15, 0.2) is 0 Å². The summed E-state index contributed by atoms with van der Waals surface area (Å²) < 4.78 is 0. The number of primary amides is 1. The maximum absolute atomic E-state index is 12.2. The summed E-state index contributed by atoms with van der Waals surface area (Å²) in [6.07, 6.45) is 0. The Kier molecular flexibility index (Phi) is 3.59. The monoisotopic (exact) mass is 323 g/mol. The van der Waals surface area contributed by atoms with E-state index in [1.807, 2.05) is 64.1 Å². The Balaban J connectivity index is 2.23. The van der Waals surface area contributed by atoms with E-state index in [1.165, 1.54) is 0 Å². The van der Waals surface area contributed by atoms with E-state index in [0.29, 0.717) is 0 Å². The smallest absolute Gasteiger partial charge is 0.229 e. The molecule has 24 heavy (non-hydrogen) atoms. The van der Waals surface area contributed by atoms with Crippen molar-refractivity contribution in [1.82, 2.24) is 0 Å². The van der Waals surface area contributed by atoms with Gasteiger partial charge in [0.2, 0.25) is 5.91 Å². The van der Waals surface area contributed by atoms with Gasteiger partial charge in [0.25, 0.3) is 0 Å². The fourth-order valence-electron chi connectivity index (χ4n) is 3.37. The maximum Gasteiger partial charge on any atom is 0.229 e. The molecule has 0 bridgehead atoms. The van der Waals surface area contributed by atoms with Crippen molar-refractivity contribution >= 4 is 5.91 Å². The van der Waals surface area contributed by atoms with Crippen molar-refractivity contribution in [2.75, 3.05) is 0 Å². The fourth-order valence-corrected chi connectivity index (χ4v) is 3.37. The lowest BCUT2D eigenvalue weighted by atomic mass is 9.88. The predicted octanol–water partition coefficient (Wildman–Crippen LogP) is 2.67. The van der Waals surface area contributed by atoms with Crippen molar-refractivity contribution in [2.24, 2.45) is 17.2 Å². The standard InChI is InChI=1S/C20H25N3O/c1-19(2,22)11-5-7-13-14-8-6-12(20(3,4)23)10-16(14)17(18(21)24)15(13)9-11/h5-10,17H,22-23H2,1-4H3,(H2,21,24). The number of fused-ring (bicyclic) bond motifs is 3. The first-order chi connectivity index (χ1) is 11.0. The highest BCUT2D eigenvalue weighted by Gasteiger charge is 2.34. The van der Waals surface area contributed by atoms with Crippen LogP contribution in [0, 0.1) is 0 Å². The molecule has 3 rings (SSSR count). The molecular weight excluding hydrogens is 298 g/mol. The quantitative estimate of drug-likeness (QED) is 0.810. The molecule has 0 aliphatic heterocycles. The molecular formula is C20H25N3O. The lowest BCUT2D eigenvalue weighted by Gasteiger charge is -2.21. The molecule has 0 unspecified atom stereocenters. The van der Waals surface area contributed by atoms with Gasteiger partial charge in [-0.25, -0.2) is 0 Å². The van der Waals surface area contributed by atoms with Gasteiger partial charge in [-0.3, -0.25) is 4.79 Å². The van der Waals surface area contributed by atoms with E-state index in [1.54, 1.807) is 0 Å². The number of hydrogen-bond acceptors (Lipinski definition) is 3. The van der Waals surface area contributed by atoms with E-state index < -0.39 is 17.0 Å². The molecule has 1 aliphatic rings. The van der Waals surface area contributed by atoms with Gasteiger partial charge >= 0.3 is 0 Å². The Morgan fingerprint density at radius 3 is 1.50 bits per heavy atom. The summed E-state index contributed by atoms with van der Waals surface area (Å²) in [5.74, 6) is -0.812. The molecule has 0 saturated carbocycles. The topological polar surface area (TPSA) is 95.1 Å². The zero-order chi connectivity index (χ0) is 17.9. The molecule has 6 N–H and O–H groups in total. The number of carbonyl (C=O) groups excluding carboxylic acids is 1. The lowest BCUT2D eigenvalue weighted by molar-refractivity contribution is -0.118. The molecule has 0 fully saturated rings. The summed E-state index contributed by atoms with van der Waals surface area (Å²) in [5.41, 5.74) is 23.2. The van der Waals surface area contributed by atoms with Crippen LogP contribution in [-0.2, 0) is 15.9 Å². The molecule has 0 aromatic heterocycles. The van der Waals surface area contributed by atoms with E-state index in [9.17, 15) is 4.79 Å². The zero-order valence-corrected chi connectivity index (χ0v) is 14.7. The van der Waals surface area contributed by atoms with Crippen LogP contribution in [-0.4, -0.2) is 5.91 Å². The number of nitrogens with two attached hydrogens (primary N) is 3. The Hall–Kier alpha value is -2.17. The van der Waals surface area contributed by atoms with E-state index in [0.717, 1.165) is 33.4 Å². The van der Waals surface area contributed by atoms with E-state index in [-0.39, 0.29) is 5.91 Å². The van der Waals surface area contributed by atoms with Crippen LogP contribution in [0.4, 0.5) is 0 Å². The fraction of sp³-hybridized carbons (Fsp3) is 0.350. The molecule has 0 atom stereocenters. The first-order valence-electron chi connectivity index (χ1n) is 8.16. The van der Waals surface area contributed by atoms with Crippen molar-refractivity contribution < 1.29 is 4.79 Å². The molecule has 0 spiro atoms. The number of hydrogen-bond donors (Lipinski definition) is 3. The van der Waals surface area contributed by atoms with Gasteiger partial charge in [0, 0.05) is 11.1 Å². The molecule has 1 amide bonds. The minimum atomic E-state index is -0.476. The minimum absolute atomic E-state index is 0.353. The third kappa shape index (κ3) is 2.62. The molecule has 1 aliphatic carbocycles. The van der Waals surface area contributed by atoms with Crippen LogP contribution in [0.2, 0.25) is 0 Å². The van der Waals surface area contributed by atoms with Crippen LogP contribution in [0.25, 0.3) is 11.1 Å². The average Bonchev–Trinajstić information content (AvgIpc) is 2.78. The first-order valence-corrected chi connectivity index (χ1v) is 8.16. The van der Waals surface area contributed by atoms with E-state index in [2.05, 4.69) is 0 Å². The van der Waals surface area contributed by atoms with Gasteiger partial charge in [0.05, 0.1) is 5.92 Å². The van der Waals surface area contributed by atoms with Crippen LogP contribution >= 0.6 is 0 Å². The number of amides is 1. The van der Waals surface area contributed by atoms with Crippen molar-refractivity contribution in [3.8, 4) is 11.1 Å². The van der Waals surface area contributed by atoms with Gasteiger partial charge in [-0.15, -0.1) is 0 Å². The summed E-state index contributed by atoms with van der Waals surface area (Å²) >= 11 is 0. The highest BCUT2D eigenvalue weighted by molar-refractivity contribution is 5.95. The van der Waals surface area contributed by atoms with Gasteiger partial charge < -0.3 is 17.2 Å². The minimum Gasteiger partial charge on any atom is -0.369 e. The van der Waals surface area contributed by atoms with E-state index >= 15 is 0 Å². The van der Waals surface area contributed by atoms with Crippen LogP contribution in [0.3, 0.4) is 0 Å². The van der Waals surface area contributed by atoms with E-state index in [4.69, 9.17) is 17.2 Å². The van der Waals surface area contributed by atoms with Gasteiger partial charge in [-0.2, -0.15) is 0 Å². The third-order valence-corrected chi connectivity index (χ3v) is 4.79. The van der Waals surface area contributed by atoms with Gasteiger partial charge in [-0.1, -0.05) is 36.4 Å². The Labute approximate surface area is 143 Å². The number of carbonyl (C=O) groups is 1. The van der Waals surface area contributed by atoms with Crippen LogP contribution < -0.4 is 17.2 Å². The summed E-state index contributed by atoms with van der Waals surface area (Å²) in [6, 6.07) is 12.1. The lowest BCUT2D eigenvalue weighted by Crippen LogP contribution is -2.29. The second kappa shape index (κ2) is 5.16. The Morgan fingerprint density at radius 2 is 1.21 bits per heavy atom. The summed E-state index contributed by atoms with van der Waals surface area (Å²) in [5, 5.41) is 0. The van der Waals surface area contributed by atoms with Crippen LogP contribution in [0.15, 0.2) is 36.4 Å². The summed E-state index contributed by atoms with van der Waals surface area (Å²) in [4.78, 5) is 12.2. The molecule has 2 aromatic rings. The molecule has 126 valence electrons. The molecule has 0 saturated heterocycles. The first kappa shape index (κ1) is 16.7. The van der Waals surface area contributed by atoms with Crippen LogP contribution in [0.1, 0.15) is 55.9 Å². The molecule has 0 heterocycles. The molecule has 2 aromatic carbocycles. The molecule has 4 heteroatoms. The highest BCUT2D eigenvalue weighted by atomic mass is 16.1. The zero-order valence-electron chi connectivity index (χ0n) is 14.7. The normalized spacial score (nSPS) is 14.4. The van der Waals surface area contributed by atoms with Crippen molar-refractivity contribution in [3.63, 3.8) is 0 Å². The second-order valence-corrected chi connectivity index (χ2v) is 7.88. The molecule has 0 radical (unpaired) electrons. The van der Waals surface area contributed by atoms with Gasteiger partial charge in [0.1, 0.15) is 0 Å². The molecule has 4 nitrogen and oxygen atoms in total. The second-order valence-electron chi connectivity index (χ2n) is 7.88. The van der Waals surface area contributed by atoms with Crippen molar-refractivity contribution in [3.05, 3.63) is 58.7 Å². The van der Waals surface area contributed by atoms with Crippen molar-refractivity contribution in [1.29, 1.82) is 0 Å². The maximum atomic E-state index is 12.2. The SMILES string of the molecule is CC(C)(N)c1ccc2c(c1)C(C(N)=O)c1cc(C(C)(C)N)ccc1-2. The largest absolute Gasteiger partial charge is 0.369 e. The van der Waals surface area contributed by atoms with Gasteiger partial charge in [-0.05, 0) is 61.1 Å². The predicted molar refractivity (Wildman–Crippen MR) is 97.3 cm³/mol. The highest BCUT2D eigenvalue weighted by Crippen LogP contribution is 2.46. The van der Waals surface area contributed by atoms with Crippen LogP contribution in [0.5, 0.6) is 0 Å². The Morgan fingerprint density at radius 1 is 0.833 bits per heavy atom. The number of rotatable bonds is 3. The summed E-state index contributed by atoms with van der Waals surface area (Å²) in [6.45, 7) is 7.80. The third-order valence-electron chi connectivity index (χ3n) is 4.79.